The van der Waals surface area contributed by atoms with Crippen LogP contribution in [-0.2, 0) is 4.79 Å². The Hall–Kier alpha value is -3.22. The van der Waals surface area contributed by atoms with Crippen molar-refractivity contribution in [1.29, 1.82) is 0 Å². The van der Waals surface area contributed by atoms with Crippen LogP contribution < -0.4 is 25.1 Å². The number of ether oxygens (including phenoxy) is 3. The minimum absolute atomic E-state index is 0.238. The van der Waals surface area contributed by atoms with Gasteiger partial charge in [-0.25, -0.2) is 0 Å². The normalized spacial score (nSPS) is 10.2. The summed E-state index contributed by atoms with van der Waals surface area (Å²) in [5.41, 5.74) is 5.03. The van der Waals surface area contributed by atoms with E-state index in [0.29, 0.717) is 35.3 Å². The summed E-state index contributed by atoms with van der Waals surface area (Å²) in [5.74, 6) is 1.05. The van der Waals surface area contributed by atoms with Gasteiger partial charge in [0.15, 0.2) is 6.61 Å². The van der Waals surface area contributed by atoms with Crippen LogP contribution in [0.15, 0.2) is 48.5 Å². The maximum atomic E-state index is 12.3. The van der Waals surface area contributed by atoms with E-state index in [1.165, 1.54) is 0 Å². The fraction of sp³-hybridized carbons (Fsp3) is 0.300. The molecule has 2 rings (SSSR count). The number of amides is 2. The van der Waals surface area contributed by atoms with Gasteiger partial charge in [-0.1, -0.05) is 26.0 Å². The Bertz CT molecular complexity index is 759. The molecule has 0 aliphatic heterocycles. The first-order valence-corrected chi connectivity index (χ1v) is 8.57. The highest BCUT2D eigenvalue weighted by Gasteiger charge is 2.13. The van der Waals surface area contributed by atoms with Gasteiger partial charge in [-0.3, -0.25) is 20.4 Å². The van der Waals surface area contributed by atoms with Crippen LogP contribution in [-0.4, -0.2) is 32.1 Å². The average molecular weight is 372 g/mol. The summed E-state index contributed by atoms with van der Waals surface area (Å²) >= 11 is 0. The van der Waals surface area contributed by atoms with Crippen molar-refractivity contribution in [3.8, 4) is 17.2 Å². The van der Waals surface area contributed by atoms with Gasteiger partial charge in [0.25, 0.3) is 11.8 Å². The summed E-state index contributed by atoms with van der Waals surface area (Å²) in [4.78, 5) is 24.2. The van der Waals surface area contributed by atoms with Gasteiger partial charge in [0.2, 0.25) is 0 Å². The predicted octanol–water partition coefficient (Wildman–Crippen LogP) is 2.57. The standard InChI is InChI=1S/C20H24N2O5/c1-14(2)12-27-18-7-5-4-6-17(18)20(24)22-21-19(23)13-26-16-10-8-15(25-3)9-11-16/h4-11,14H,12-13H2,1-3H3,(H,21,23)(H,22,24). The van der Waals surface area contributed by atoms with Crippen LogP contribution in [0.25, 0.3) is 0 Å². The molecule has 0 heterocycles. The van der Waals surface area contributed by atoms with E-state index in [1.54, 1.807) is 55.6 Å². The molecule has 144 valence electrons. The lowest BCUT2D eigenvalue weighted by molar-refractivity contribution is -0.123. The van der Waals surface area contributed by atoms with Crippen molar-refractivity contribution in [2.45, 2.75) is 13.8 Å². The summed E-state index contributed by atoms with van der Waals surface area (Å²) in [7, 11) is 1.57. The Kier molecular flexibility index (Phi) is 7.49. The number of benzene rings is 2. The molecule has 0 unspecified atom stereocenters. The van der Waals surface area contributed by atoms with E-state index < -0.39 is 11.8 Å². The minimum atomic E-state index is -0.486. The lowest BCUT2D eigenvalue weighted by atomic mass is 10.2. The molecule has 2 N–H and O–H groups in total. The zero-order valence-electron chi connectivity index (χ0n) is 15.7. The molecule has 2 aromatic rings. The molecule has 2 aromatic carbocycles. The minimum Gasteiger partial charge on any atom is -0.497 e. The molecule has 0 bridgehead atoms. The summed E-state index contributed by atoms with van der Waals surface area (Å²) in [6, 6.07) is 13.7. The molecule has 0 aliphatic carbocycles. The third kappa shape index (κ3) is 6.54. The number of hydrogen-bond donors (Lipinski definition) is 2. The van der Waals surface area contributed by atoms with Crippen LogP contribution in [0, 0.1) is 5.92 Å². The lowest BCUT2D eigenvalue weighted by Gasteiger charge is -2.13. The summed E-state index contributed by atoms with van der Waals surface area (Å²) < 4.78 is 16.0. The van der Waals surface area contributed by atoms with E-state index in [9.17, 15) is 9.59 Å². The third-order valence-corrected chi connectivity index (χ3v) is 3.45. The Morgan fingerprint density at radius 1 is 0.926 bits per heavy atom. The zero-order chi connectivity index (χ0) is 19.6. The summed E-state index contributed by atoms with van der Waals surface area (Å²) in [6.07, 6.45) is 0. The maximum absolute atomic E-state index is 12.3. The number of nitrogens with one attached hydrogen (secondary N) is 2. The van der Waals surface area contributed by atoms with Crippen molar-refractivity contribution in [1.82, 2.24) is 10.9 Å². The predicted molar refractivity (Wildman–Crippen MR) is 101 cm³/mol. The highest BCUT2D eigenvalue weighted by atomic mass is 16.5. The maximum Gasteiger partial charge on any atom is 0.276 e. The zero-order valence-corrected chi connectivity index (χ0v) is 15.7. The van der Waals surface area contributed by atoms with Crippen LogP contribution >= 0.6 is 0 Å². The molecular formula is C20H24N2O5. The number of rotatable bonds is 8. The molecule has 0 aliphatic rings. The summed E-state index contributed by atoms with van der Waals surface area (Å²) in [5, 5.41) is 0. The van der Waals surface area contributed by atoms with Crippen molar-refractivity contribution < 1.29 is 23.8 Å². The van der Waals surface area contributed by atoms with Gasteiger partial charge >= 0.3 is 0 Å². The molecule has 0 spiro atoms. The van der Waals surface area contributed by atoms with Crippen LogP contribution in [0.5, 0.6) is 17.2 Å². The molecule has 0 fully saturated rings. The molecule has 2 amide bonds. The second kappa shape index (κ2) is 10.1. The van der Waals surface area contributed by atoms with Gasteiger partial charge in [-0.15, -0.1) is 0 Å². The van der Waals surface area contributed by atoms with E-state index >= 15 is 0 Å². The molecule has 7 heteroatoms. The topological polar surface area (TPSA) is 85.9 Å². The average Bonchev–Trinajstić information content (AvgIpc) is 2.69. The van der Waals surface area contributed by atoms with E-state index in [1.807, 2.05) is 13.8 Å². The van der Waals surface area contributed by atoms with E-state index in [4.69, 9.17) is 14.2 Å². The van der Waals surface area contributed by atoms with Gasteiger partial charge < -0.3 is 14.2 Å². The quantitative estimate of drug-likeness (QED) is 0.696. The van der Waals surface area contributed by atoms with Crippen LogP contribution in [0.4, 0.5) is 0 Å². The SMILES string of the molecule is COc1ccc(OCC(=O)NNC(=O)c2ccccc2OCC(C)C)cc1. The van der Waals surface area contributed by atoms with Crippen molar-refractivity contribution >= 4 is 11.8 Å². The number of carbonyl (C=O) groups is 2. The van der Waals surface area contributed by atoms with E-state index in [-0.39, 0.29) is 6.61 Å². The Balaban J connectivity index is 1.83. The number of hydrogen-bond acceptors (Lipinski definition) is 5. The Morgan fingerprint density at radius 3 is 2.26 bits per heavy atom. The van der Waals surface area contributed by atoms with Gasteiger partial charge in [0, 0.05) is 0 Å². The Morgan fingerprint density at radius 2 is 1.59 bits per heavy atom. The van der Waals surface area contributed by atoms with Crippen molar-refractivity contribution in [3.05, 3.63) is 54.1 Å². The van der Waals surface area contributed by atoms with Crippen molar-refractivity contribution in [2.75, 3.05) is 20.3 Å². The smallest absolute Gasteiger partial charge is 0.276 e. The van der Waals surface area contributed by atoms with Crippen LogP contribution in [0.3, 0.4) is 0 Å². The van der Waals surface area contributed by atoms with Crippen molar-refractivity contribution in [2.24, 2.45) is 5.92 Å². The van der Waals surface area contributed by atoms with E-state index in [0.717, 1.165) is 0 Å². The fourth-order valence-corrected chi connectivity index (χ4v) is 2.09. The van der Waals surface area contributed by atoms with Gasteiger partial charge in [0.05, 0.1) is 19.3 Å². The first-order chi connectivity index (χ1) is 13.0. The molecule has 0 saturated carbocycles. The first kappa shape index (κ1) is 20.1. The molecule has 27 heavy (non-hydrogen) atoms. The van der Waals surface area contributed by atoms with E-state index in [2.05, 4.69) is 10.9 Å². The second-order valence-electron chi connectivity index (χ2n) is 6.17. The first-order valence-electron chi connectivity index (χ1n) is 8.57. The van der Waals surface area contributed by atoms with Gasteiger partial charge in [-0.2, -0.15) is 0 Å². The second-order valence-corrected chi connectivity index (χ2v) is 6.17. The highest BCUT2D eigenvalue weighted by molar-refractivity contribution is 5.97. The molecule has 0 aromatic heterocycles. The molecule has 0 atom stereocenters. The summed E-state index contributed by atoms with van der Waals surface area (Å²) in [6.45, 7) is 4.29. The Labute approximate surface area is 158 Å². The van der Waals surface area contributed by atoms with Crippen molar-refractivity contribution in [3.63, 3.8) is 0 Å². The van der Waals surface area contributed by atoms with Crippen LogP contribution in [0.2, 0.25) is 0 Å². The fourth-order valence-electron chi connectivity index (χ4n) is 2.09. The number of methoxy groups -OCH3 is 1. The number of carbonyl (C=O) groups excluding carboxylic acids is 2. The van der Waals surface area contributed by atoms with Gasteiger partial charge in [-0.05, 0) is 42.3 Å². The van der Waals surface area contributed by atoms with Gasteiger partial charge in [0.1, 0.15) is 17.2 Å². The monoisotopic (exact) mass is 372 g/mol. The molecule has 7 nitrogen and oxygen atoms in total. The third-order valence-electron chi connectivity index (χ3n) is 3.45. The molecule has 0 saturated heterocycles. The highest BCUT2D eigenvalue weighted by Crippen LogP contribution is 2.18. The van der Waals surface area contributed by atoms with Crippen LogP contribution in [0.1, 0.15) is 24.2 Å². The number of para-hydroxylation sites is 1. The molecular weight excluding hydrogens is 348 g/mol. The largest absolute Gasteiger partial charge is 0.497 e. The molecule has 0 radical (unpaired) electrons. The lowest BCUT2D eigenvalue weighted by Crippen LogP contribution is -2.43. The number of hydrazine groups is 1.